The Hall–Kier alpha value is -4.00. The van der Waals surface area contributed by atoms with Gasteiger partial charge < -0.3 is 9.15 Å². The molecule has 4 rings (SSSR count). The van der Waals surface area contributed by atoms with Gasteiger partial charge in [-0.3, -0.25) is 9.59 Å². The van der Waals surface area contributed by atoms with E-state index in [1.165, 1.54) is 5.01 Å². The molecular formula is C26H24N2O5. The molecule has 1 atom stereocenters. The van der Waals surface area contributed by atoms with Crippen LogP contribution < -0.4 is 5.01 Å². The largest absolute Gasteiger partial charge is 0.464 e. The molecule has 1 aliphatic rings. The van der Waals surface area contributed by atoms with Gasteiger partial charge in [0.2, 0.25) is 0 Å². The van der Waals surface area contributed by atoms with Crippen LogP contribution in [-0.2, 0) is 20.7 Å². The van der Waals surface area contributed by atoms with Gasteiger partial charge in [-0.15, -0.1) is 0 Å². The number of Topliss-reactive ketones (excluding diaryl/α,β-unsaturated/α-hetero) is 1. The molecule has 33 heavy (non-hydrogen) atoms. The van der Waals surface area contributed by atoms with Crippen LogP contribution in [0.4, 0.5) is 5.69 Å². The highest BCUT2D eigenvalue weighted by atomic mass is 16.5. The van der Waals surface area contributed by atoms with E-state index < -0.39 is 17.8 Å². The maximum absolute atomic E-state index is 13.1. The lowest BCUT2D eigenvalue weighted by Crippen LogP contribution is -2.33. The molecule has 1 aliphatic heterocycles. The maximum atomic E-state index is 13.1. The predicted octanol–water partition coefficient (Wildman–Crippen LogP) is 4.66. The van der Waals surface area contributed by atoms with Gasteiger partial charge in [-0.2, -0.15) is 10.1 Å². The second-order valence-electron chi connectivity index (χ2n) is 8.15. The Bertz CT molecular complexity index is 1230. The van der Waals surface area contributed by atoms with Crippen LogP contribution in [0, 0.1) is 5.92 Å². The topological polar surface area (TPSA) is 89.2 Å². The number of ketones is 1. The standard InChI is InChI=1S/C26H24N2O5/c1-16(2)33-26(31)20-9-5-10-21(15-20)28-25(30)24(17(3)27-28)22(29)14-18-7-4-8-19(13-18)23-11-6-12-32-23/h4-13,15-16,24H,14H2,1-3H3. The molecule has 3 aromatic rings. The van der Waals surface area contributed by atoms with Gasteiger partial charge in [0.25, 0.3) is 5.91 Å². The summed E-state index contributed by atoms with van der Waals surface area (Å²) in [5.41, 5.74) is 2.79. The number of hydrogen-bond donors (Lipinski definition) is 0. The number of carbonyl (C=O) groups excluding carboxylic acids is 3. The molecule has 0 N–H and O–H groups in total. The third-order valence-electron chi connectivity index (χ3n) is 5.23. The number of ether oxygens (including phenoxy) is 1. The van der Waals surface area contributed by atoms with E-state index in [2.05, 4.69) is 5.10 Å². The van der Waals surface area contributed by atoms with Crippen molar-refractivity contribution in [2.75, 3.05) is 5.01 Å². The molecule has 1 unspecified atom stereocenters. The molecule has 7 heteroatoms. The highest BCUT2D eigenvalue weighted by Gasteiger charge is 2.39. The number of esters is 1. The van der Waals surface area contributed by atoms with E-state index in [0.717, 1.165) is 11.1 Å². The zero-order valence-electron chi connectivity index (χ0n) is 18.6. The van der Waals surface area contributed by atoms with Gasteiger partial charge in [0.15, 0.2) is 5.78 Å². The predicted molar refractivity (Wildman–Crippen MR) is 124 cm³/mol. The highest BCUT2D eigenvalue weighted by molar-refractivity contribution is 6.27. The highest BCUT2D eigenvalue weighted by Crippen LogP contribution is 2.27. The third-order valence-corrected chi connectivity index (χ3v) is 5.23. The molecule has 0 aliphatic carbocycles. The molecule has 1 amide bonds. The first-order valence-electron chi connectivity index (χ1n) is 10.7. The Morgan fingerprint density at radius 2 is 1.88 bits per heavy atom. The summed E-state index contributed by atoms with van der Waals surface area (Å²) < 4.78 is 10.7. The van der Waals surface area contributed by atoms with Gasteiger partial charge >= 0.3 is 5.97 Å². The molecule has 0 fully saturated rings. The van der Waals surface area contributed by atoms with Gasteiger partial charge in [0.05, 0.1) is 29.3 Å². The van der Waals surface area contributed by atoms with Crippen molar-refractivity contribution in [2.24, 2.45) is 11.0 Å². The van der Waals surface area contributed by atoms with Gasteiger partial charge in [0.1, 0.15) is 11.7 Å². The number of rotatable bonds is 7. The van der Waals surface area contributed by atoms with E-state index in [1.54, 1.807) is 57.4 Å². The van der Waals surface area contributed by atoms with E-state index >= 15 is 0 Å². The molecule has 1 aromatic heterocycles. The van der Waals surface area contributed by atoms with Crippen molar-refractivity contribution in [1.82, 2.24) is 0 Å². The van der Waals surface area contributed by atoms with Crippen molar-refractivity contribution in [3.05, 3.63) is 78.1 Å². The molecule has 2 heterocycles. The van der Waals surface area contributed by atoms with Gasteiger partial charge in [-0.25, -0.2) is 4.79 Å². The van der Waals surface area contributed by atoms with E-state index in [-0.39, 0.29) is 18.3 Å². The third kappa shape index (κ3) is 4.77. The zero-order valence-corrected chi connectivity index (χ0v) is 18.6. The monoisotopic (exact) mass is 444 g/mol. The molecule has 2 aromatic carbocycles. The van der Waals surface area contributed by atoms with Crippen LogP contribution >= 0.6 is 0 Å². The summed E-state index contributed by atoms with van der Waals surface area (Å²) in [4.78, 5) is 38.4. The fourth-order valence-electron chi connectivity index (χ4n) is 3.75. The normalized spacial score (nSPS) is 15.6. The summed E-state index contributed by atoms with van der Waals surface area (Å²) >= 11 is 0. The molecule has 0 bridgehead atoms. The number of amides is 1. The minimum Gasteiger partial charge on any atom is -0.464 e. The Balaban J connectivity index is 1.51. The molecule has 7 nitrogen and oxygen atoms in total. The van der Waals surface area contributed by atoms with Crippen LogP contribution in [0.15, 0.2) is 76.4 Å². The number of furan rings is 1. The molecule has 0 saturated carbocycles. The molecule has 168 valence electrons. The Labute approximate surface area is 191 Å². The average molecular weight is 444 g/mol. The first-order valence-corrected chi connectivity index (χ1v) is 10.7. The number of hydrazone groups is 1. The van der Waals surface area contributed by atoms with Crippen molar-refractivity contribution >= 4 is 29.1 Å². The molecule has 0 saturated heterocycles. The SMILES string of the molecule is CC1=NN(c2cccc(C(=O)OC(C)C)c2)C(=O)C1C(=O)Cc1cccc(-c2ccco2)c1. The van der Waals surface area contributed by atoms with E-state index in [1.807, 2.05) is 30.3 Å². The van der Waals surface area contributed by atoms with Crippen LogP contribution in [-0.4, -0.2) is 29.5 Å². The van der Waals surface area contributed by atoms with Crippen LogP contribution in [0.5, 0.6) is 0 Å². The van der Waals surface area contributed by atoms with Gasteiger partial charge in [0, 0.05) is 12.0 Å². The van der Waals surface area contributed by atoms with Crippen molar-refractivity contribution in [3.8, 4) is 11.3 Å². The van der Waals surface area contributed by atoms with Crippen LogP contribution in [0.3, 0.4) is 0 Å². The second kappa shape index (κ2) is 9.24. The van der Waals surface area contributed by atoms with E-state index in [9.17, 15) is 14.4 Å². The lowest BCUT2D eigenvalue weighted by atomic mass is 9.93. The van der Waals surface area contributed by atoms with E-state index in [4.69, 9.17) is 9.15 Å². The molecular weight excluding hydrogens is 420 g/mol. The minimum absolute atomic E-state index is 0.0897. The summed E-state index contributed by atoms with van der Waals surface area (Å²) in [7, 11) is 0. The number of anilines is 1. The number of hydrogen-bond acceptors (Lipinski definition) is 6. The average Bonchev–Trinajstić information content (AvgIpc) is 3.42. The smallest absolute Gasteiger partial charge is 0.338 e. The van der Waals surface area contributed by atoms with Gasteiger partial charge in [-0.05, 0) is 62.7 Å². The fourth-order valence-corrected chi connectivity index (χ4v) is 3.75. The molecule has 0 radical (unpaired) electrons. The van der Waals surface area contributed by atoms with Crippen LogP contribution in [0.25, 0.3) is 11.3 Å². The molecule has 0 spiro atoms. The Morgan fingerprint density at radius 3 is 2.61 bits per heavy atom. The number of nitrogens with zero attached hydrogens (tertiary/aromatic N) is 2. The summed E-state index contributed by atoms with van der Waals surface area (Å²) in [5.74, 6) is -1.42. The fraction of sp³-hybridized carbons (Fsp3) is 0.231. The van der Waals surface area contributed by atoms with Crippen LogP contribution in [0.1, 0.15) is 36.7 Å². The van der Waals surface area contributed by atoms with Crippen molar-refractivity contribution in [1.29, 1.82) is 0 Å². The lowest BCUT2D eigenvalue weighted by Gasteiger charge is -2.15. The Morgan fingerprint density at radius 1 is 1.09 bits per heavy atom. The minimum atomic E-state index is -0.969. The number of benzene rings is 2. The Kier molecular flexibility index (Phi) is 6.22. The summed E-state index contributed by atoms with van der Waals surface area (Å²) in [6, 6.07) is 17.6. The van der Waals surface area contributed by atoms with Crippen molar-refractivity contribution in [3.63, 3.8) is 0 Å². The summed E-state index contributed by atoms with van der Waals surface area (Å²) in [6.07, 6.45) is 1.42. The lowest BCUT2D eigenvalue weighted by molar-refractivity contribution is -0.128. The first kappa shape index (κ1) is 22.2. The number of carbonyl (C=O) groups is 3. The first-order chi connectivity index (χ1) is 15.8. The summed E-state index contributed by atoms with van der Waals surface area (Å²) in [6.45, 7) is 5.19. The maximum Gasteiger partial charge on any atom is 0.338 e. The van der Waals surface area contributed by atoms with Gasteiger partial charge in [-0.1, -0.05) is 24.3 Å². The van der Waals surface area contributed by atoms with Crippen molar-refractivity contribution < 1.29 is 23.5 Å². The zero-order chi connectivity index (χ0) is 23.5. The van der Waals surface area contributed by atoms with E-state index in [0.29, 0.717) is 22.7 Å². The quantitative estimate of drug-likeness (QED) is 0.391. The second-order valence-corrected chi connectivity index (χ2v) is 8.15. The summed E-state index contributed by atoms with van der Waals surface area (Å²) in [5, 5.41) is 5.50. The van der Waals surface area contributed by atoms with Crippen molar-refractivity contribution in [2.45, 2.75) is 33.3 Å². The van der Waals surface area contributed by atoms with Crippen LogP contribution in [0.2, 0.25) is 0 Å².